The fourth-order valence-corrected chi connectivity index (χ4v) is 5.28. The van der Waals surface area contributed by atoms with Crippen LogP contribution in [0.15, 0.2) is 48.5 Å². The SMILES string of the molecule is Cc1ccc([C@H](C)NC(=O)C2CCN(S(=O)(=O)Cc3ccccc3)CC2)cc1C. The summed E-state index contributed by atoms with van der Waals surface area (Å²) in [6, 6.07) is 15.4. The molecule has 0 aromatic heterocycles. The average Bonchev–Trinajstić information content (AvgIpc) is 2.70. The smallest absolute Gasteiger partial charge is 0.223 e. The fourth-order valence-electron chi connectivity index (χ4n) is 3.72. The molecule has 1 aliphatic heterocycles. The van der Waals surface area contributed by atoms with E-state index in [2.05, 4.69) is 31.3 Å². The van der Waals surface area contributed by atoms with Crippen molar-refractivity contribution in [3.8, 4) is 0 Å². The van der Waals surface area contributed by atoms with Gasteiger partial charge in [-0.2, -0.15) is 0 Å². The molecule has 0 spiro atoms. The van der Waals surface area contributed by atoms with E-state index in [0.29, 0.717) is 25.9 Å². The number of carbonyl (C=O) groups excluding carboxylic acids is 1. The van der Waals surface area contributed by atoms with Crippen LogP contribution in [0.4, 0.5) is 0 Å². The molecule has 0 aliphatic carbocycles. The summed E-state index contributed by atoms with van der Waals surface area (Å²) in [6.45, 7) is 6.92. The molecule has 0 unspecified atom stereocenters. The predicted octanol–water partition coefficient (Wildman–Crippen LogP) is 3.72. The third-order valence-corrected chi connectivity index (χ3v) is 7.65. The van der Waals surface area contributed by atoms with Gasteiger partial charge in [0.15, 0.2) is 0 Å². The van der Waals surface area contributed by atoms with Crippen LogP contribution < -0.4 is 5.32 Å². The molecule has 2 aromatic rings. The van der Waals surface area contributed by atoms with Crippen LogP contribution in [-0.4, -0.2) is 31.7 Å². The number of hydrogen-bond donors (Lipinski definition) is 1. The maximum atomic E-state index is 12.7. The molecule has 5 nitrogen and oxygen atoms in total. The lowest BCUT2D eigenvalue weighted by Crippen LogP contribution is -2.43. The minimum atomic E-state index is -3.36. The van der Waals surface area contributed by atoms with Gasteiger partial charge < -0.3 is 5.32 Å². The zero-order valence-electron chi connectivity index (χ0n) is 17.4. The van der Waals surface area contributed by atoms with Crippen LogP contribution in [0.3, 0.4) is 0 Å². The van der Waals surface area contributed by atoms with Gasteiger partial charge in [0.1, 0.15) is 0 Å². The molecular weight excluding hydrogens is 384 g/mol. The molecule has 6 heteroatoms. The second kappa shape index (κ2) is 9.09. The highest BCUT2D eigenvalue weighted by Crippen LogP contribution is 2.23. The summed E-state index contributed by atoms with van der Waals surface area (Å²) >= 11 is 0. The number of benzene rings is 2. The molecule has 0 radical (unpaired) electrons. The number of rotatable bonds is 6. The molecule has 0 saturated carbocycles. The number of sulfonamides is 1. The van der Waals surface area contributed by atoms with Gasteiger partial charge in [-0.05, 0) is 55.9 Å². The molecule has 156 valence electrons. The lowest BCUT2D eigenvalue weighted by Gasteiger charge is -2.31. The van der Waals surface area contributed by atoms with Gasteiger partial charge in [-0.25, -0.2) is 12.7 Å². The molecular formula is C23H30N2O3S. The molecule has 1 fully saturated rings. The third kappa shape index (κ3) is 5.46. The van der Waals surface area contributed by atoms with Crippen LogP contribution in [0.2, 0.25) is 0 Å². The van der Waals surface area contributed by atoms with E-state index in [1.807, 2.05) is 43.3 Å². The normalized spacial score (nSPS) is 17.1. The Balaban J connectivity index is 1.54. The van der Waals surface area contributed by atoms with E-state index in [1.165, 1.54) is 15.4 Å². The Morgan fingerprint density at radius 3 is 2.34 bits per heavy atom. The molecule has 2 aromatic carbocycles. The molecule has 1 atom stereocenters. The first-order valence-corrected chi connectivity index (χ1v) is 11.8. The zero-order valence-corrected chi connectivity index (χ0v) is 18.2. The number of carbonyl (C=O) groups is 1. The number of nitrogens with zero attached hydrogens (tertiary/aromatic N) is 1. The number of amides is 1. The van der Waals surface area contributed by atoms with Crippen molar-refractivity contribution in [2.75, 3.05) is 13.1 Å². The molecule has 0 bridgehead atoms. The molecule has 1 N–H and O–H groups in total. The van der Waals surface area contributed by atoms with Crippen LogP contribution in [0.5, 0.6) is 0 Å². The lowest BCUT2D eigenvalue weighted by molar-refractivity contribution is -0.126. The molecule has 1 aliphatic rings. The van der Waals surface area contributed by atoms with Crippen molar-refractivity contribution >= 4 is 15.9 Å². The van der Waals surface area contributed by atoms with E-state index in [9.17, 15) is 13.2 Å². The van der Waals surface area contributed by atoms with Gasteiger partial charge in [-0.1, -0.05) is 48.5 Å². The van der Waals surface area contributed by atoms with E-state index < -0.39 is 10.0 Å². The summed E-state index contributed by atoms with van der Waals surface area (Å²) in [7, 11) is -3.36. The van der Waals surface area contributed by atoms with Gasteiger partial charge >= 0.3 is 0 Å². The van der Waals surface area contributed by atoms with Gasteiger partial charge in [-0.15, -0.1) is 0 Å². The van der Waals surface area contributed by atoms with Gasteiger partial charge in [-0.3, -0.25) is 4.79 Å². The molecule has 29 heavy (non-hydrogen) atoms. The van der Waals surface area contributed by atoms with Crippen LogP contribution in [0, 0.1) is 19.8 Å². The predicted molar refractivity (Wildman–Crippen MR) is 116 cm³/mol. The van der Waals surface area contributed by atoms with Gasteiger partial charge in [0.05, 0.1) is 11.8 Å². The van der Waals surface area contributed by atoms with Crippen LogP contribution in [-0.2, 0) is 20.6 Å². The van der Waals surface area contributed by atoms with E-state index in [0.717, 1.165) is 11.1 Å². The third-order valence-electron chi connectivity index (χ3n) is 5.80. The highest BCUT2D eigenvalue weighted by Gasteiger charge is 2.31. The lowest BCUT2D eigenvalue weighted by atomic mass is 9.96. The minimum absolute atomic E-state index is 0.00844. The van der Waals surface area contributed by atoms with Gasteiger partial charge in [0, 0.05) is 19.0 Å². The van der Waals surface area contributed by atoms with E-state index in [1.54, 1.807) is 0 Å². The minimum Gasteiger partial charge on any atom is -0.349 e. The summed E-state index contributed by atoms with van der Waals surface area (Å²) in [5, 5.41) is 3.10. The Morgan fingerprint density at radius 1 is 1.07 bits per heavy atom. The van der Waals surface area contributed by atoms with Crippen molar-refractivity contribution in [3.05, 3.63) is 70.8 Å². The van der Waals surface area contributed by atoms with Crippen LogP contribution in [0.1, 0.15) is 48.1 Å². The Kier molecular flexibility index (Phi) is 6.75. The number of hydrogen-bond acceptors (Lipinski definition) is 3. The van der Waals surface area contributed by atoms with Crippen molar-refractivity contribution < 1.29 is 13.2 Å². The van der Waals surface area contributed by atoms with Crippen molar-refractivity contribution in [2.45, 2.75) is 45.4 Å². The highest BCUT2D eigenvalue weighted by molar-refractivity contribution is 7.88. The zero-order chi connectivity index (χ0) is 21.0. The fraction of sp³-hybridized carbons (Fsp3) is 0.435. The second-order valence-corrected chi connectivity index (χ2v) is 9.96. The Hall–Kier alpha value is -2.18. The van der Waals surface area contributed by atoms with Gasteiger partial charge in [0.2, 0.25) is 15.9 Å². The van der Waals surface area contributed by atoms with Crippen molar-refractivity contribution in [3.63, 3.8) is 0 Å². The molecule has 1 saturated heterocycles. The summed E-state index contributed by atoms with van der Waals surface area (Å²) in [4.78, 5) is 12.7. The number of piperidine rings is 1. The van der Waals surface area contributed by atoms with Gasteiger partial charge in [0.25, 0.3) is 0 Å². The quantitative estimate of drug-likeness (QED) is 0.783. The summed E-state index contributed by atoms with van der Waals surface area (Å²) in [5.41, 5.74) is 4.32. The largest absolute Gasteiger partial charge is 0.349 e. The molecule has 1 amide bonds. The van der Waals surface area contributed by atoms with E-state index >= 15 is 0 Å². The first kappa shape index (κ1) is 21.5. The topological polar surface area (TPSA) is 66.5 Å². The summed E-state index contributed by atoms with van der Waals surface area (Å²) < 4.78 is 26.9. The Morgan fingerprint density at radius 2 is 1.72 bits per heavy atom. The molecule has 1 heterocycles. The van der Waals surface area contributed by atoms with E-state index in [-0.39, 0.29) is 23.6 Å². The molecule has 3 rings (SSSR count). The Labute approximate surface area is 174 Å². The van der Waals surface area contributed by atoms with E-state index in [4.69, 9.17) is 0 Å². The van der Waals surface area contributed by atoms with Crippen molar-refractivity contribution in [1.29, 1.82) is 0 Å². The summed E-state index contributed by atoms with van der Waals surface area (Å²) in [6.07, 6.45) is 1.11. The maximum Gasteiger partial charge on any atom is 0.223 e. The number of aryl methyl sites for hydroxylation is 2. The first-order valence-electron chi connectivity index (χ1n) is 10.2. The van der Waals surface area contributed by atoms with Crippen molar-refractivity contribution in [1.82, 2.24) is 9.62 Å². The monoisotopic (exact) mass is 414 g/mol. The maximum absolute atomic E-state index is 12.7. The summed E-state index contributed by atoms with van der Waals surface area (Å²) in [5.74, 6) is -0.128. The van der Waals surface area contributed by atoms with Crippen LogP contribution >= 0.6 is 0 Å². The number of nitrogens with one attached hydrogen (secondary N) is 1. The Bertz CT molecular complexity index is 949. The highest BCUT2D eigenvalue weighted by atomic mass is 32.2. The second-order valence-electron chi connectivity index (χ2n) is 7.99. The average molecular weight is 415 g/mol. The first-order chi connectivity index (χ1) is 13.8. The van der Waals surface area contributed by atoms with Crippen molar-refractivity contribution in [2.24, 2.45) is 5.92 Å². The van der Waals surface area contributed by atoms with Crippen LogP contribution in [0.25, 0.3) is 0 Å². The standard InChI is InChI=1S/C23H30N2O3S/c1-17-9-10-22(15-18(17)2)19(3)24-23(26)21-11-13-25(14-12-21)29(27,28)16-20-7-5-4-6-8-20/h4-10,15,19,21H,11-14,16H2,1-3H3,(H,24,26)/t19-/m0/s1.